The number of rotatable bonds is 4. The van der Waals surface area contributed by atoms with E-state index in [4.69, 9.17) is 17.3 Å². The molecule has 3 nitrogen and oxygen atoms in total. The number of nitrogen functional groups attached to an aromatic ring is 1. The second kappa shape index (κ2) is 4.57. The number of nitrogens with two attached hydrogens (primary N) is 1. The van der Waals surface area contributed by atoms with Crippen molar-refractivity contribution in [2.45, 2.75) is 26.2 Å². The van der Waals surface area contributed by atoms with Gasteiger partial charge in [0.05, 0.1) is 10.6 Å². The zero-order valence-electron chi connectivity index (χ0n) is 9.92. The average Bonchev–Trinajstić information content (AvgIpc) is 3.07. The maximum Gasteiger partial charge on any atom is 0.252 e. The molecule has 1 fully saturated rings. The summed E-state index contributed by atoms with van der Waals surface area (Å²) in [5.41, 5.74) is 6.99. The molecule has 1 aromatic rings. The Morgan fingerprint density at radius 3 is 2.76 bits per heavy atom. The second-order valence-corrected chi connectivity index (χ2v) is 5.18. The largest absolute Gasteiger partial charge is 0.399 e. The highest BCUT2D eigenvalue weighted by Gasteiger charge is 2.40. The Labute approximate surface area is 106 Å². The molecule has 0 atom stereocenters. The molecule has 2 rings (SSSR count). The Bertz CT molecular complexity index is 441. The summed E-state index contributed by atoms with van der Waals surface area (Å²) in [6, 6.07) is 4.95. The third-order valence-electron chi connectivity index (χ3n) is 3.57. The molecule has 1 aliphatic carbocycles. The number of hydrogen-bond donors (Lipinski definition) is 2. The molecular weight excluding hydrogens is 236 g/mol. The van der Waals surface area contributed by atoms with Gasteiger partial charge in [0.25, 0.3) is 5.91 Å². The van der Waals surface area contributed by atoms with E-state index in [0.29, 0.717) is 21.7 Å². The Morgan fingerprint density at radius 2 is 2.24 bits per heavy atom. The van der Waals surface area contributed by atoms with Crippen molar-refractivity contribution < 1.29 is 4.79 Å². The summed E-state index contributed by atoms with van der Waals surface area (Å²) < 4.78 is 0. The van der Waals surface area contributed by atoms with Gasteiger partial charge < -0.3 is 11.1 Å². The van der Waals surface area contributed by atoms with Crippen molar-refractivity contribution in [2.75, 3.05) is 12.3 Å². The van der Waals surface area contributed by atoms with Crippen molar-refractivity contribution in [3.8, 4) is 0 Å². The molecule has 0 aromatic heterocycles. The van der Waals surface area contributed by atoms with Crippen molar-refractivity contribution in [2.24, 2.45) is 5.41 Å². The van der Waals surface area contributed by atoms with Gasteiger partial charge in [-0.05, 0) is 42.9 Å². The van der Waals surface area contributed by atoms with Crippen molar-refractivity contribution in [3.63, 3.8) is 0 Å². The van der Waals surface area contributed by atoms with Gasteiger partial charge in [-0.25, -0.2) is 0 Å². The lowest BCUT2D eigenvalue weighted by Crippen LogP contribution is -2.30. The fraction of sp³-hybridized carbons (Fsp3) is 0.462. The Kier molecular flexibility index (Phi) is 3.29. The van der Waals surface area contributed by atoms with Gasteiger partial charge in [-0.15, -0.1) is 0 Å². The summed E-state index contributed by atoms with van der Waals surface area (Å²) in [6.45, 7) is 2.90. The number of amides is 1. The van der Waals surface area contributed by atoms with Gasteiger partial charge in [-0.2, -0.15) is 0 Å². The van der Waals surface area contributed by atoms with E-state index < -0.39 is 0 Å². The minimum absolute atomic E-state index is 0.116. The normalized spacial score (nSPS) is 16.6. The van der Waals surface area contributed by atoms with Crippen LogP contribution in [-0.4, -0.2) is 12.5 Å². The minimum atomic E-state index is -0.116. The summed E-state index contributed by atoms with van der Waals surface area (Å²) in [6.07, 6.45) is 3.53. The van der Waals surface area contributed by atoms with Crippen LogP contribution in [0.1, 0.15) is 36.5 Å². The van der Waals surface area contributed by atoms with E-state index in [9.17, 15) is 4.79 Å². The Balaban J connectivity index is 2.00. The van der Waals surface area contributed by atoms with E-state index in [0.717, 1.165) is 13.0 Å². The SMILES string of the molecule is CCC1(CNC(=O)c2ccc(N)cc2Cl)CC1. The van der Waals surface area contributed by atoms with E-state index >= 15 is 0 Å². The second-order valence-electron chi connectivity index (χ2n) is 4.78. The van der Waals surface area contributed by atoms with Crippen molar-refractivity contribution in [1.82, 2.24) is 5.32 Å². The van der Waals surface area contributed by atoms with Crippen LogP contribution >= 0.6 is 11.6 Å². The first-order chi connectivity index (χ1) is 8.06. The van der Waals surface area contributed by atoms with Gasteiger partial charge in [0.15, 0.2) is 0 Å². The molecule has 0 radical (unpaired) electrons. The summed E-state index contributed by atoms with van der Waals surface area (Å²) in [5, 5.41) is 3.36. The third-order valence-corrected chi connectivity index (χ3v) is 3.88. The highest BCUT2D eigenvalue weighted by atomic mass is 35.5. The molecule has 1 aliphatic rings. The van der Waals surface area contributed by atoms with Crippen LogP contribution < -0.4 is 11.1 Å². The molecule has 1 aromatic carbocycles. The molecule has 0 aliphatic heterocycles. The molecule has 3 N–H and O–H groups in total. The van der Waals surface area contributed by atoms with Crippen LogP contribution in [-0.2, 0) is 0 Å². The zero-order valence-corrected chi connectivity index (χ0v) is 10.7. The van der Waals surface area contributed by atoms with E-state index in [2.05, 4.69) is 12.2 Å². The molecule has 17 heavy (non-hydrogen) atoms. The highest BCUT2D eigenvalue weighted by molar-refractivity contribution is 6.34. The van der Waals surface area contributed by atoms with Gasteiger partial charge in [-0.3, -0.25) is 4.79 Å². The molecule has 1 saturated carbocycles. The lowest BCUT2D eigenvalue weighted by Gasteiger charge is -2.14. The van der Waals surface area contributed by atoms with E-state index in [-0.39, 0.29) is 5.91 Å². The van der Waals surface area contributed by atoms with Gasteiger partial charge in [0.2, 0.25) is 0 Å². The Morgan fingerprint density at radius 1 is 1.53 bits per heavy atom. The fourth-order valence-corrected chi connectivity index (χ4v) is 2.19. The van der Waals surface area contributed by atoms with Crippen molar-refractivity contribution in [3.05, 3.63) is 28.8 Å². The first kappa shape index (κ1) is 12.2. The molecule has 0 bridgehead atoms. The molecule has 0 saturated heterocycles. The number of hydrogen-bond acceptors (Lipinski definition) is 2. The first-order valence-electron chi connectivity index (χ1n) is 5.89. The summed E-state index contributed by atoms with van der Waals surface area (Å²) in [5.74, 6) is -0.116. The van der Waals surface area contributed by atoms with E-state index in [1.165, 1.54) is 12.8 Å². The van der Waals surface area contributed by atoms with E-state index in [1.807, 2.05) is 0 Å². The van der Waals surface area contributed by atoms with Gasteiger partial charge in [-0.1, -0.05) is 18.5 Å². The minimum Gasteiger partial charge on any atom is -0.399 e. The van der Waals surface area contributed by atoms with Crippen LogP contribution in [0.15, 0.2) is 18.2 Å². The number of carbonyl (C=O) groups is 1. The van der Waals surface area contributed by atoms with Crippen LogP contribution in [0.3, 0.4) is 0 Å². The van der Waals surface area contributed by atoms with Crippen LogP contribution in [0.4, 0.5) is 5.69 Å². The molecule has 4 heteroatoms. The predicted molar refractivity (Wildman–Crippen MR) is 70.2 cm³/mol. The number of anilines is 1. The number of nitrogens with one attached hydrogen (secondary N) is 1. The zero-order chi connectivity index (χ0) is 12.5. The number of benzene rings is 1. The maximum atomic E-state index is 11.9. The Hall–Kier alpha value is -1.22. The smallest absolute Gasteiger partial charge is 0.252 e. The number of halogens is 1. The monoisotopic (exact) mass is 252 g/mol. The van der Waals surface area contributed by atoms with E-state index in [1.54, 1.807) is 18.2 Å². The lowest BCUT2D eigenvalue weighted by atomic mass is 10.0. The highest BCUT2D eigenvalue weighted by Crippen LogP contribution is 2.47. The molecule has 0 spiro atoms. The average molecular weight is 253 g/mol. The molecule has 0 unspecified atom stereocenters. The molecular formula is C13H17ClN2O. The van der Waals surface area contributed by atoms with Crippen LogP contribution in [0.25, 0.3) is 0 Å². The first-order valence-corrected chi connectivity index (χ1v) is 6.27. The van der Waals surface area contributed by atoms with Crippen LogP contribution in [0.2, 0.25) is 5.02 Å². The summed E-state index contributed by atoms with van der Waals surface area (Å²) in [4.78, 5) is 11.9. The summed E-state index contributed by atoms with van der Waals surface area (Å²) >= 11 is 5.98. The number of carbonyl (C=O) groups excluding carboxylic acids is 1. The van der Waals surface area contributed by atoms with Gasteiger partial charge in [0.1, 0.15) is 0 Å². The van der Waals surface area contributed by atoms with Gasteiger partial charge >= 0.3 is 0 Å². The topological polar surface area (TPSA) is 55.1 Å². The van der Waals surface area contributed by atoms with Crippen LogP contribution in [0.5, 0.6) is 0 Å². The lowest BCUT2D eigenvalue weighted by molar-refractivity contribution is 0.0944. The van der Waals surface area contributed by atoms with Crippen LogP contribution in [0, 0.1) is 5.41 Å². The molecule has 92 valence electrons. The van der Waals surface area contributed by atoms with Gasteiger partial charge in [0, 0.05) is 12.2 Å². The molecule has 0 heterocycles. The van der Waals surface area contributed by atoms with Crippen molar-refractivity contribution in [1.29, 1.82) is 0 Å². The maximum absolute atomic E-state index is 11.9. The van der Waals surface area contributed by atoms with Crippen molar-refractivity contribution >= 4 is 23.2 Å². The summed E-state index contributed by atoms with van der Waals surface area (Å²) in [7, 11) is 0. The predicted octanol–water partition coefficient (Wildman–Crippen LogP) is 2.84. The molecule has 1 amide bonds. The third kappa shape index (κ3) is 2.72. The standard InChI is InChI=1S/C13H17ClN2O/c1-2-13(5-6-13)8-16-12(17)10-4-3-9(15)7-11(10)14/h3-4,7H,2,5-6,8,15H2,1H3,(H,16,17). The quantitative estimate of drug-likeness (QED) is 0.810. The fourth-order valence-electron chi connectivity index (χ4n) is 1.91.